The summed E-state index contributed by atoms with van der Waals surface area (Å²) in [6, 6.07) is 6.78. The fraction of sp³-hybridized carbons (Fsp3) is 0.421. The number of ether oxygens (including phenoxy) is 1. The maximum absolute atomic E-state index is 11.9. The zero-order valence-electron chi connectivity index (χ0n) is 16.9. The van der Waals surface area contributed by atoms with E-state index in [0.717, 1.165) is 0 Å². The van der Waals surface area contributed by atoms with Crippen LogP contribution in [0.15, 0.2) is 27.8 Å². The molecule has 1 saturated heterocycles. The van der Waals surface area contributed by atoms with E-state index in [0.29, 0.717) is 40.8 Å². The summed E-state index contributed by atoms with van der Waals surface area (Å²) < 4.78 is 6.31. The van der Waals surface area contributed by atoms with E-state index in [4.69, 9.17) is 9.57 Å². The van der Waals surface area contributed by atoms with Crippen LogP contribution in [0, 0.1) is 11.3 Å². The van der Waals surface area contributed by atoms with Crippen molar-refractivity contribution >= 4 is 39.5 Å². The van der Waals surface area contributed by atoms with Gasteiger partial charge in [0.25, 0.3) is 0 Å². The minimum absolute atomic E-state index is 0.00140. The molecule has 12 heteroatoms. The first-order valence-electron chi connectivity index (χ1n) is 9.45. The molecule has 1 aromatic carbocycles. The Morgan fingerprint density at radius 2 is 2.23 bits per heavy atom. The third-order valence-electron chi connectivity index (χ3n) is 4.86. The van der Waals surface area contributed by atoms with Gasteiger partial charge in [0.1, 0.15) is 12.3 Å². The summed E-state index contributed by atoms with van der Waals surface area (Å²) in [7, 11) is 1.38. The highest BCUT2D eigenvalue weighted by molar-refractivity contribution is 9.10. The summed E-state index contributed by atoms with van der Waals surface area (Å²) in [6.07, 6.45) is -0.321. The molecular weight excluding hydrogens is 472 g/mol. The number of rotatable bonds is 4. The Balaban J connectivity index is 1.73. The Hall–Kier alpha value is -3.01. The van der Waals surface area contributed by atoms with E-state index in [-0.39, 0.29) is 12.6 Å². The smallest absolute Gasteiger partial charge is 0.428 e. The van der Waals surface area contributed by atoms with Crippen molar-refractivity contribution in [2.75, 3.05) is 26.7 Å². The predicted molar refractivity (Wildman–Crippen MR) is 112 cm³/mol. The van der Waals surface area contributed by atoms with Crippen LogP contribution in [-0.4, -0.2) is 67.1 Å². The minimum Gasteiger partial charge on any atom is -0.432 e. The third-order valence-corrected chi connectivity index (χ3v) is 5.55. The Morgan fingerprint density at radius 1 is 1.45 bits per heavy atom. The van der Waals surface area contributed by atoms with Crippen molar-refractivity contribution in [3.8, 4) is 6.07 Å². The molecule has 31 heavy (non-hydrogen) atoms. The highest BCUT2D eigenvalue weighted by atomic mass is 79.9. The molecule has 0 bridgehead atoms. The first-order valence-corrected chi connectivity index (χ1v) is 10.2. The van der Waals surface area contributed by atoms with Gasteiger partial charge in [0.15, 0.2) is 5.60 Å². The quantitative estimate of drug-likeness (QED) is 0.515. The highest BCUT2D eigenvalue weighted by Crippen LogP contribution is 2.33. The number of carbonyl (C=O) groups excluding carboxylic acids is 3. The molecule has 3 amide bonds. The van der Waals surface area contributed by atoms with E-state index >= 15 is 0 Å². The van der Waals surface area contributed by atoms with Gasteiger partial charge in [-0.3, -0.25) is 14.4 Å². The van der Waals surface area contributed by atoms with Gasteiger partial charge in [-0.1, -0.05) is 15.9 Å². The summed E-state index contributed by atoms with van der Waals surface area (Å²) in [5, 5.41) is 19.9. The number of nitrogens with one attached hydrogen (secondary N) is 3. The number of hydrogen-bond acceptors (Lipinski definition) is 8. The molecule has 3 N–H and O–H groups in total. The lowest BCUT2D eigenvalue weighted by Crippen LogP contribution is -2.59. The second kappa shape index (κ2) is 9.42. The molecule has 11 nitrogen and oxygen atoms in total. The van der Waals surface area contributed by atoms with Crippen LogP contribution >= 0.6 is 15.9 Å². The Morgan fingerprint density at radius 3 is 2.87 bits per heavy atom. The first-order chi connectivity index (χ1) is 14.8. The zero-order valence-corrected chi connectivity index (χ0v) is 18.5. The normalized spacial score (nSPS) is 21.9. The van der Waals surface area contributed by atoms with Crippen molar-refractivity contribution in [2.24, 2.45) is 5.10 Å². The number of hydroxylamine groups is 2. The second-order valence-electron chi connectivity index (χ2n) is 7.13. The third kappa shape index (κ3) is 5.01. The van der Waals surface area contributed by atoms with Crippen LogP contribution in [0.1, 0.15) is 24.5 Å². The second-order valence-corrected chi connectivity index (χ2v) is 7.98. The average molecular weight is 493 g/mol. The number of amides is 3. The summed E-state index contributed by atoms with van der Waals surface area (Å²) in [5.74, 6) is -1.45. The van der Waals surface area contributed by atoms with Gasteiger partial charge in [-0.15, -0.1) is 0 Å². The van der Waals surface area contributed by atoms with Crippen LogP contribution < -0.4 is 16.1 Å². The van der Waals surface area contributed by atoms with Crippen LogP contribution in [0.3, 0.4) is 0 Å². The molecule has 0 saturated carbocycles. The van der Waals surface area contributed by atoms with Gasteiger partial charge >= 0.3 is 17.9 Å². The number of nitrogens with zero attached hydrogens (tertiary/aromatic N) is 3. The number of hydrogen-bond donors (Lipinski definition) is 3. The van der Waals surface area contributed by atoms with E-state index in [9.17, 15) is 19.6 Å². The number of nitriles is 1. The van der Waals surface area contributed by atoms with E-state index in [1.807, 2.05) is 0 Å². The van der Waals surface area contributed by atoms with Gasteiger partial charge in [0.05, 0.1) is 11.6 Å². The zero-order chi connectivity index (χ0) is 22.6. The predicted octanol–water partition coefficient (Wildman–Crippen LogP) is 0.391. The molecule has 1 aromatic rings. The summed E-state index contributed by atoms with van der Waals surface area (Å²) in [4.78, 5) is 40.8. The molecule has 0 aromatic heterocycles. The van der Waals surface area contributed by atoms with Crippen molar-refractivity contribution in [1.82, 2.24) is 21.1 Å². The van der Waals surface area contributed by atoms with Gasteiger partial charge in [-0.2, -0.15) is 15.4 Å². The van der Waals surface area contributed by atoms with E-state index in [2.05, 4.69) is 43.2 Å². The largest absolute Gasteiger partial charge is 0.432 e. The maximum Gasteiger partial charge on any atom is 0.428 e. The fourth-order valence-corrected chi connectivity index (χ4v) is 3.77. The number of hydrazone groups is 1. The minimum atomic E-state index is -1.13. The average Bonchev–Trinajstić information content (AvgIpc) is 2.75. The van der Waals surface area contributed by atoms with Gasteiger partial charge < -0.3 is 15.4 Å². The molecule has 1 fully saturated rings. The van der Waals surface area contributed by atoms with Crippen molar-refractivity contribution < 1.29 is 24.0 Å². The van der Waals surface area contributed by atoms with Gasteiger partial charge in [-0.05, 0) is 25.1 Å². The molecule has 0 aliphatic carbocycles. The van der Waals surface area contributed by atoms with Crippen molar-refractivity contribution in [3.05, 3.63) is 33.8 Å². The molecule has 3 rings (SSSR count). The molecule has 0 radical (unpaired) electrons. The van der Waals surface area contributed by atoms with Crippen molar-refractivity contribution in [2.45, 2.75) is 25.0 Å². The van der Waals surface area contributed by atoms with E-state index in [1.165, 1.54) is 7.05 Å². The Labute approximate surface area is 186 Å². The summed E-state index contributed by atoms with van der Waals surface area (Å²) in [5.41, 5.74) is 2.67. The van der Waals surface area contributed by atoms with Gasteiger partial charge in [0, 0.05) is 42.6 Å². The topological polar surface area (TPSA) is 145 Å². The molecule has 164 valence electrons. The lowest BCUT2D eigenvalue weighted by Gasteiger charge is -2.43. The summed E-state index contributed by atoms with van der Waals surface area (Å²) in [6.45, 7) is 2.45. The Kier molecular flexibility index (Phi) is 6.89. The molecule has 1 spiro atoms. The highest BCUT2D eigenvalue weighted by Gasteiger charge is 2.47. The van der Waals surface area contributed by atoms with Crippen LogP contribution in [0.4, 0.5) is 4.79 Å². The molecule has 1 unspecified atom stereocenters. The van der Waals surface area contributed by atoms with Gasteiger partial charge in [-0.25, -0.2) is 10.2 Å². The number of carbonyl (C=O) groups is 3. The first kappa shape index (κ1) is 22.7. The van der Waals surface area contributed by atoms with E-state index in [1.54, 1.807) is 30.2 Å². The van der Waals surface area contributed by atoms with Crippen LogP contribution in [0.2, 0.25) is 0 Å². The maximum atomic E-state index is 11.9. The standard InChI is InChI=1S/C19H21BrN6O5/c1-11(23-17(28)16(27)22-2)9-26-6-5-19(10-30-26)15(24-25-18(29)31-19)13-7-12(8-21)3-4-14(13)20/h3-4,7,11H,5-6,9-10H2,1-2H3,(H,22,27)(H,23,28)(H,25,29)/t11-,19?/m0/s1. The number of likely N-dealkylation sites (N-methyl/N-ethyl adjacent to an activating group) is 1. The monoisotopic (exact) mass is 492 g/mol. The van der Waals surface area contributed by atoms with Crippen LogP contribution in [-0.2, 0) is 19.2 Å². The molecular formula is C19H21BrN6O5. The van der Waals surface area contributed by atoms with Gasteiger partial charge in [0.2, 0.25) is 0 Å². The lowest BCUT2D eigenvalue weighted by atomic mass is 9.87. The van der Waals surface area contributed by atoms with Crippen molar-refractivity contribution in [3.63, 3.8) is 0 Å². The SMILES string of the molecule is CNC(=O)C(=O)N[C@@H](C)CN1CCC2(CO1)OC(=O)NN=C2c1cc(C#N)ccc1Br. The molecule has 2 aliphatic heterocycles. The Bertz CT molecular complexity index is 967. The summed E-state index contributed by atoms with van der Waals surface area (Å²) >= 11 is 3.46. The van der Waals surface area contributed by atoms with Crippen LogP contribution in [0.5, 0.6) is 0 Å². The van der Waals surface area contributed by atoms with Crippen LogP contribution in [0.25, 0.3) is 0 Å². The van der Waals surface area contributed by atoms with Crippen molar-refractivity contribution in [1.29, 1.82) is 5.26 Å². The molecule has 2 aliphatic rings. The number of halogens is 1. The fourth-order valence-electron chi connectivity index (χ4n) is 3.34. The lowest BCUT2D eigenvalue weighted by molar-refractivity contribution is -0.225. The molecule has 2 atom stereocenters. The molecule has 2 heterocycles. The number of benzene rings is 1. The van der Waals surface area contributed by atoms with E-state index < -0.39 is 23.5 Å².